The minimum atomic E-state index is -1.05. The van der Waals surface area contributed by atoms with Crippen molar-refractivity contribution in [3.05, 3.63) is 53.6 Å². The molecular weight excluding hydrogens is 268 g/mol. The average molecular weight is 284 g/mol. The van der Waals surface area contributed by atoms with E-state index >= 15 is 0 Å². The molecule has 0 radical (unpaired) electrons. The first-order valence-electron chi connectivity index (χ1n) is 7.04. The molecule has 2 aliphatic rings. The Bertz CT molecular complexity index is 697. The van der Waals surface area contributed by atoms with Crippen LogP contribution in [0, 0.1) is 0 Å². The molecule has 0 unspecified atom stereocenters. The Morgan fingerprint density at radius 1 is 1.14 bits per heavy atom. The van der Waals surface area contributed by atoms with Crippen LogP contribution in [-0.4, -0.2) is 18.0 Å². The fourth-order valence-corrected chi connectivity index (χ4v) is 3.10. The lowest BCUT2D eigenvalue weighted by molar-refractivity contribution is -0.179. The second kappa shape index (κ2) is 4.40. The highest BCUT2D eigenvalue weighted by molar-refractivity contribution is 5.52. The van der Waals surface area contributed by atoms with E-state index < -0.39 is 11.9 Å². The topological polar surface area (TPSA) is 47.9 Å². The molecule has 1 N–H and O–H groups in total. The molecule has 0 aromatic heterocycles. The predicted octanol–water partition coefficient (Wildman–Crippen LogP) is 2.84. The molecule has 2 heterocycles. The standard InChI is InChI=1S/C17H16O4/c1-19-14-8-4-6-12-15(14)21-17(16(12)18)10-9-11-5-2-3-7-13(11)20-17/h2-8,16,18H,9-10H2,1H3/t16-,17+/m0/s1. The molecule has 0 saturated heterocycles. The number of hydrogen-bond donors (Lipinski definition) is 1. The number of rotatable bonds is 1. The summed E-state index contributed by atoms with van der Waals surface area (Å²) in [7, 11) is 1.59. The van der Waals surface area contributed by atoms with Crippen molar-refractivity contribution in [2.75, 3.05) is 7.11 Å². The fraction of sp³-hybridized carbons (Fsp3) is 0.294. The van der Waals surface area contributed by atoms with Gasteiger partial charge in [0.2, 0.25) is 0 Å². The molecular formula is C17H16O4. The van der Waals surface area contributed by atoms with E-state index in [9.17, 15) is 5.11 Å². The molecule has 0 amide bonds. The number of methoxy groups -OCH3 is 1. The maximum atomic E-state index is 10.7. The van der Waals surface area contributed by atoms with Gasteiger partial charge in [-0.1, -0.05) is 30.3 Å². The minimum absolute atomic E-state index is 0.576. The van der Waals surface area contributed by atoms with E-state index in [0.717, 1.165) is 17.7 Å². The lowest BCUT2D eigenvalue weighted by atomic mass is 9.94. The third-order valence-corrected chi connectivity index (χ3v) is 4.21. The molecule has 2 aromatic rings. The summed E-state index contributed by atoms with van der Waals surface area (Å²) in [6.07, 6.45) is 0.586. The Kier molecular flexibility index (Phi) is 2.62. The average Bonchev–Trinajstić information content (AvgIpc) is 2.80. The molecule has 2 aromatic carbocycles. The van der Waals surface area contributed by atoms with Gasteiger partial charge in [0.25, 0.3) is 5.79 Å². The molecule has 0 bridgehead atoms. The third kappa shape index (κ3) is 1.72. The van der Waals surface area contributed by atoms with E-state index in [1.807, 2.05) is 42.5 Å². The quantitative estimate of drug-likeness (QED) is 0.874. The van der Waals surface area contributed by atoms with Gasteiger partial charge in [-0.05, 0) is 24.1 Å². The molecule has 0 saturated carbocycles. The van der Waals surface area contributed by atoms with Crippen LogP contribution in [0.1, 0.15) is 23.7 Å². The summed E-state index contributed by atoms with van der Waals surface area (Å²) < 4.78 is 17.4. The van der Waals surface area contributed by atoms with Gasteiger partial charge >= 0.3 is 0 Å². The van der Waals surface area contributed by atoms with Gasteiger partial charge in [0, 0.05) is 12.0 Å². The van der Waals surface area contributed by atoms with Crippen LogP contribution in [0.15, 0.2) is 42.5 Å². The van der Waals surface area contributed by atoms with Crippen molar-refractivity contribution < 1.29 is 19.3 Å². The summed E-state index contributed by atoms with van der Waals surface area (Å²) in [6, 6.07) is 13.4. The smallest absolute Gasteiger partial charge is 0.281 e. The number of hydrogen-bond acceptors (Lipinski definition) is 4. The Morgan fingerprint density at radius 2 is 2.00 bits per heavy atom. The van der Waals surface area contributed by atoms with Crippen LogP contribution in [0.3, 0.4) is 0 Å². The van der Waals surface area contributed by atoms with Crippen molar-refractivity contribution in [2.24, 2.45) is 0 Å². The van der Waals surface area contributed by atoms with Crippen LogP contribution in [-0.2, 0) is 6.42 Å². The van der Waals surface area contributed by atoms with E-state index in [-0.39, 0.29) is 0 Å². The van der Waals surface area contributed by atoms with E-state index in [0.29, 0.717) is 23.5 Å². The zero-order chi connectivity index (χ0) is 14.4. The van der Waals surface area contributed by atoms with Crippen LogP contribution < -0.4 is 14.2 Å². The Hall–Kier alpha value is -2.20. The first-order valence-corrected chi connectivity index (χ1v) is 7.04. The molecule has 108 valence electrons. The fourth-order valence-electron chi connectivity index (χ4n) is 3.10. The molecule has 21 heavy (non-hydrogen) atoms. The van der Waals surface area contributed by atoms with Crippen molar-refractivity contribution in [2.45, 2.75) is 24.7 Å². The van der Waals surface area contributed by atoms with Crippen molar-refractivity contribution >= 4 is 0 Å². The largest absolute Gasteiger partial charge is 0.493 e. The normalized spacial score (nSPS) is 25.7. The van der Waals surface area contributed by atoms with Gasteiger partial charge in [0.15, 0.2) is 17.6 Å². The second-order valence-corrected chi connectivity index (χ2v) is 5.40. The number of aliphatic hydroxyl groups is 1. The van der Waals surface area contributed by atoms with Gasteiger partial charge in [-0.25, -0.2) is 0 Å². The van der Waals surface area contributed by atoms with Crippen LogP contribution in [0.5, 0.6) is 17.2 Å². The van der Waals surface area contributed by atoms with Crippen molar-refractivity contribution in [1.82, 2.24) is 0 Å². The number of benzene rings is 2. The highest BCUT2D eigenvalue weighted by Crippen LogP contribution is 2.52. The number of fused-ring (bicyclic) bond motifs is 2. The molecule has 2 aliphatic heterocycles. The highest BCUT2D eigenvalue weighted by atomic mass is 16.7. The van der Waals surface area contributed by atoms with Gasteiger partial charge in [0.1, 0.15) is 5.75 Å². The van der Waals surface area contributed by atoms with Crippen molar-refractivity contribution in [3.63, 3.8) is 0 Å². The summed E-state index contributed by atoms with van der Waals surface area (Å²) in [6.45, 7) is 0. The molecule has 4 rings (SSSR count). The summed E-state index contributed by atoms with van der Waals surface area (Å²) >= 11 is 0. The van der Waals surface area contributed by atoms with Crippen molar-refractivity contribution in [3.8, 4) is 17.2 Å². The van der Waals surface area contributed by atoms with E-state index in [1.165, 1.54) is 0 Å². The molecule has 1 spiro atoms. The zero-order valence-corrected chi connectivity index (χ0v) is 11.7. The molecule has 0 aliphatic carbocycles. The van der Waals surface area contributed by atoms with E-state index in [2.05, 4.69) is 0 Å². The zero-order valence-electron chi connectivity index (χ0n) is 11.7. The second-order valence-electron chi connectivity index (χ2n) is 5.40. The van der Waals surface area contributed by atoms with E-state index in [4.69, 9.17) is 14.2 Å². The van der Waals surface area contributed by atoms with Gasteiger partial charge in [0.05, 0.1) is 7.11 Å². The maximum Gasteiger partial charge on any atom is 0.281 e. The lowest BCUT2D eigenvalue weighted by Gasteiger charge is -2.36. The Balaban J connectivity index is 1.76. The van der Waals surface area contributed by atoms with Crippen LogP contribution in [0.4, 0.5) is 0 Å². The summed E-state index contributed by atoms with van der Waals surface area (Å²) in [5, 5.41) is 10.7. The van der Waals surface area contributed by atoms with Crippen LogP contribution in [0.25, 0.3) is 0 Å². The predicted molar refractivity (Wildman–Crippen MR) is 76.7 cm³/mol. The number of ether oxygens (including phenoxy) is 3. The maximum absolute atomic E-state index is 10.7. The Labute approximate surface area is 122 Å². The first kappa shape index (κ1) is 12.5. The van der Waals surface area contributed by atoms with Crippen LogP contribution in [0.2, 0.25) is 0 Å². The molecule has 4 nitrogen and oxygen atoms in total. The van der Waals surface area contributed by atoms with E-state index in [1.54, 1.807) is 7.11 Å². The molecule has 4 heteroatoms. The number of para-hydroxylation sites is 2. The molecule has 0 fully saturated rings. The minimum Gasteiger partial charge on any atom is -0.493 e. The lowest BCUT2D eigenvalue weighted by Crippen LogP contribution is -2.46. The SMILES string of the molecule is COc1cccc2c1O[C@]1(CCc3ccccc3O1)[C@H]2O. The summed E-state index contributed by atoms with van der Waals surface area (Å²) in [5.41, 5.74) is 1.86. The third-order valence-electron chi connectivity index (χ3n) is 4.21. The summed E-state index contributed by atoms with van der Waals surface area (Å²) in [4.78, 5) is 0. The molecule has 2 atom stereocenters. The highest BCUT2D eigenvalue weighted by Gasteiger charge is 2.53. The first-order chi connectivity index (χ1) is 10.2. The number of aliphatic hydroxyl groups excluding tert-OH is 1. The Morgan fingerprint density at radius 3 is 2.86 bits per heavy atom. The van der Waals surface area contributed by atoms with Crippen LogP contribution >= 0.6 is 0 Å². The van der Waals surface area contributed by atoms with Gasteiger partial charge < -0.3 is 19.3 Å². The van der Waals surface area contributed by atoms with Gasteiger partial charge in [-0.15, -0.1) is 0 Å². The number of aryl methyl sites for hydroxylation is 1. The van der Waals surface area contributed by atoms with Crippen molar-refractivity contribution in [1.29, 1.82) is 0 Å². The van der Waals surface area contributed by atoms with Gasteiger partial charge in [-0.3, -0.25) is 0 Å². The monoisotopic (exact) mass is 284 g/mol. The summed E-state index contributed by atoms with van der Waals surface area (Å²) in [5.74, 6) is 0.915. The van der Waals surface area contributed by atoms with Gasteiger partial charge in [-0.2, -0.15) is 0 Å².